The Morgan fingerprint density at radius 1 is 1.03 bits per heavy atom. The zero-order valence-electron chi connectivity index (χ0n) is 19.3. The molecular formula is C25H34N4O3. The molecule has 1 aliphatic heterocycles. The number of hydrogen-bond donors (Lipinski definition) is 1. The molecule has 1 unspecified atom stereocenters. The molecule has 2 heterocycles. The second kappa shape index (κ2) is 10.3. The van der Waals surface area contributed by atoms with Crippen molar-refractivity contribution in [3.05, 3.63) is 53.9 Å². The van der Waals surface area contributed by atoms with Gasteiger partial charge in [0, 0.05) is 51.4 Å². The molecule has 1 aliphatic rings. The molecule has 3 aromatic rings. The monoisotopic (exact) mass is 438 g/mol. The molecular weight excluding hydrogens is 404 g/mol. The van der Waals surface area contributed by atoms with E-state index in [1.54, 1.807) is 14.2 Å². The molecule has 1 aromatic heterocycles. The average Bonchev–Trinajstić information content (AvgIpc) is 3.17. The van der Waals surface area contributed by atoms with E-state index in [4.69, 9.17) is 14.5 Å². The van der Waals surface area contributed by atoms with Crippen LogP contribution >= 0.6 is 0 Å². The van der Waals surface area contributed by atoms with Crippen molar-refractivity contribution in [2.24, 2.45) is 0 Å². The van der Waals surface area contributed by atoms with Gasteiger partial charge in [0.1, 0.15) is 17.3 Å². The number of fused-ring (bicyclic) bond motifs is 1. The van der Waals surface area contributed by atoms with Crippen LogP contribution in [0, 0.1) is 0 Å². The number of methoxy groups -OCH3 is 2. The van der Waals surface area contributed by atoms with E-state index in [2.05, 4.69) is 51.6 Å². The highest BCUT2D eigenvalue weighted by atomic mass is 16.5. The number of aliphatic hydroxyl groups excluding tert-OH is 1. The number of para-hydroxylation sites is 2. The summed E-state index contributed by atoms with van der Waals surface area (Å²) in [6.45, 7) is 7.72. The molecule has 1 fully saturated rings. The molecule has 172 valence electrons. The molecule has 1 saturated heterocycles. The van der Waals surface area contributed by atoms with Crippen LogP contribution in [0.2, 0.25) is 0 Å². The van der Waals surface area contributed by atoms with Gasteiger partial charge in [0.2, 0.25) is 0 Å². The highest BCUT2D eigenvalue weighted by Gasteiger charge is 2.28. The van der Waals surface area contributed by atoms with Crippen molar-refractivity contribution < 1.29 is 14.6 Å². The molecule has 2 aromatic carbocycles. The average molecular weight is 439 g/mol. The van der Waals surface area contributed by atoms with Gasteiger partial charge in [-0.15, -0.1) is 0 Å². The summed E-state index contributed by atoms with van der Waals surface area (Å²) in [5.74, 6) is 2.72. The van der Waals surface area contributed by atoms with Gasteiger partial charge in [-0.2, -0.15) is 0 Å². The van der Waals surface area contributed by atoms with Crippen molar-refractivity contribution in [3.63, 3.8) is 0 Å². The predicted octanol–water partition coefficient (Wildman–Crippen LogP) is 3.14. The Morgan fingerprint density at radius 2 is 1.78 bits per heavy atom. The Kier molecular flexibility index (Phi) is 7.29. The molecule has 0 spiro atoms. The maximum atomic E-state index is 9.72. The van der Waals surface area contributed by atoms with E-state index in [0.29, 0.717) is 0 Å². The summed E-state index contributed by atoms with van der Waals surface area (Å²) in [6.07, 6.45) is 0.752. The van der Waals surface area contributed by atoms with Gasteiger partial charge in [-0.1, -0.05) is 12.1 Å². The number of aryl methyl sites for hydroxylation is 1. The molecule has 7 nitrogen and oxygen atoms in total. The van der Waals surface area contributed by atoms with Crippen molar-refractivity contribution in [3.8, 4) is 11.5 Å². The van der Waals surface area contributed by atoms with Gasteiger partial charge >= 0.3 is 0 Å². The number of rotatable bonds is 9. The van der Waals surface area contributed by atoms with Gasteiger partial charge in [-0.3, -0.25) is 9.80 Å². The number of nitrogens with zero attached hydrogens (tertiary/aromatic N) is 4. The van der Waals surface area contributed by atoms with E-state index in [1.165, 1.54) is 5.52 Å². The fourth-order valence-electron chi connectivity index (χ4n) is 4.72. The van der Waals surface area contributed by atoms with Gasteiger partial charge in [0.25, 0.3) is 0 Å². The molecule has 0 amide bonds. The van der Waals surface area contributed by atoms with Crippen molar-refractivity contribution in [2.45, 2.75) is 39.0 Å². The lowest BCUT2D eigenvalue weighted by molar-refractivity contribution is 0.0482. The van der Waals surface area contributed by atoms with Gasteiger partial charge in [-0.05, 0) is 43.2 Å². The van der Waals surface area contributed by atoms with Crippen LogP contribution in [0.5, 0.6) is 11.5 Å². The van der Waals surface area contributed by atoms with E-state index in [0.717, 1.165) is 74.1 Å². The lowest BCUT2D eigenvalue weighted by Crippen LogP contribution is -2.52. The van der Waals surface area contributed by atoms with Gasteiger partial charge in [-0.25, -0.2) is 4.98 Å². The Hall–Kier alpha value is -2.61. The number of aromatic nitrogens is 2. The first-order chi connectivity index (χ1) is 15.6. The highest BCUT2D eigenvalue weighted by Crippen LogP contribution is 2.26. The number of hydrogen-bond acceptors (Lipinski definition) is 6. The Labute approximate surface area is 190 Å². The van der Waals surface area contributed by atoms with Crippen LogP contribution in [-0.2, 0) is 19.6 Å². The van der Waals surface area contributed by atoms with Crippen LogP contribution in [0.25, 0.3) is 11.0 Å². The summed E-state index contributed by atoms with van der Waals surface area (Å²) in [6, 6.07) is 14.6. The van der Waals surface area contributed by atoms with Crippen molar-refractivity contribution >= 4 is 11.0 Å². The number of aliphatic hydroxyl groups is 1. The third kappa shape index (κ3) is 4.90. The number of benzene rings is 2. The zero-order valence-corrected chi connectivity index (χ0v) is 19.3. The molecule has 0 aliphatic carbocycles. The Morgan fingerprint density at radius 3 is 2.47 bits per heavy atom. The van der Waals surface area contributed by atoms with E-state index in [9.17, 15) is 5.11 Å². The quantitative estimate of drug-likeness (QED) is 0.554. The van der Waals surface area contributed by atoms with Crippen LogP contribution in [0.1, 0.15) is 24.7 Å². The molecule has 1 N–H and O–H groups in total. The third-order valence-corrected chi connectivity index (χ3v) is 6.36. The van der Waals surface area contributed by atoms with Crippen molar-refractivity contribution in [1.82, 2.24) is 19.4 Å². The highest BCUT2D eigenvalue weighted by molar-refractivity contribution is 5.75. The topological polar surface area (TPSA) is 63.0 Å². The first-order valence-corrected chi connectivity index (χ1v) is 11.4. The molecule has 1 atom stereocenters. The Bertz CT molecular complexity index is 1010. The summed E-state index contributed by atoms with van der Waals surface area (Å²) in [4.78, 5) is 9.83. The number of ether oxygens (including phenoxy) is 2. The summed E-state index contributed by atoms with van der Waals surface area (Å²) < 4.78 is 13.2. The molecule has 7 heteroatoms. The first kappa shape index (κ1) is 22.6. The standard InChI is InChI=1S/C25H34N4O3/c1-4-29-24-8-6-5-7-23(24)26-25(29)18-27-10-11-28(20(17-27)9-12-30)16-19-13-21(31-2)15-22(14-19)32-3/h5-8,13-15,20,30H,4,9-12,16-18H2,1-3H3. The van der Waals surface area contributed by atoms with Crippen LogP contribution in [0.4, 0.5) is 0 Å². The summed E-state index contributed by atoms with van der Waals surface area (Å²) >= 11 is 0. The molecule has 0 saturated carbocycles. The van der Waals surface area contributed by atoms with Gasteiger partial charge < -0.3 is 19.1 Å². The second-order valence-corrected chi connectivity index (χ2v) is 8.35. The number of piperazine rings is 1. The number of imidazole rings is 1. The first-order valence-electron chi connectivity index (χ1n) is 11.4. The Balaban J connectivity index is 1.48. The largest absolute Gasteiger partial charge is 0.497 e. The van der Waals surface area contributed by atoms with E-state index >= 15 is 0 Å². The van der Waals surface area contributed by atoms with Crippen LogP contribution in [0.3, 0.4) is 0 Å². The maximum Gasteiger partial charge on any atom is 0.124 e. The fraction of sp³-hybridized carbons (Fsp3) is 0.480. The molecule has 0 bridgehead atoms. The lowest BCUT2D eigenvalue weighted by atomic mass is 10.1. The van der Waals surface area contributed by atoms with E-state index < -0.39 is 0 Å². The van der Waals surface area contributed by atoms with E-state index in [1.807, 2.05) is 12.1 Å². The van der Waals surface area contributed by atoms with E-state index in [-0.39, 0.29) is 12.6 Å². The summed E-state index contributed by atoms with van der Waals surface area (Å²) in [7, 11) is 3.35. The summed E-state index contributed by atoms with van der Waals surface area (Å²) in [5.41, 5.74) is 3.41. The lowest BCUT2D eigenvalue weighted by Gasteiger charge is -2.41. The fourth-order valence-corrected chi connectivity index (χ4v) is 4.72. The summed E-state index contributed by atoms with van der Waals surface area (Å²) in [5, 5.41) is 9.72. The van der Waals surface area contributed by atoms with Crippen LogP contribution in [0.15, 0.2) is 42.5 Å². The third-order valence-electron chi connectivity index (χ3n) is 6.36. The van der Waals surface area contributed by atoms with Crippen molar-refractivity contribution in [2.75, 3.05) is 40.5 Å². The van der Waals surface area contributed by atoms with Gasteiger partial charge in [0.15, 0.2) is 0 Å². The SMILES string of the molecule is CCn1c(CN2CCN(Cc3cc(OC)cc(OC)c3)C(CCO)C2)nc2ccccc21. The smallest absolute Gasteiger partial charge is 0.124 e. The van der Waals surface area contributed by atoms with Gasteiger partial charge in [0.05, 0.1) is 31.8 Å². The second-order valence-electron chi connectivity index (χ2n) is 8.35. The maximum absolute atomic E-state index is 9.72. The normalized spacial score (nSPS) is 17.7. The molecule has 4 rings (SSSR count). The van der Waals surface area contributed by atoms with Crippen molar-refractivity contribution in [1.29, 1.82) is 0 Å². The predicted molar refractivity (Wildman–Crippen MR) is 126 cm³/mol. The minimum absolute atomic E-state index is 0.184. The molecule has 32 heavy (non-hydrogen) atoms. The van der Waals surface area contributed by atoms with Crippen LogP contribution < -0.4 is 9.47 Å². The minimum atomic E-state index is 0.184. The van der Waals surface area contributed by atoms with Crippen LogP contribution in [-0.4, -0.2) is 71.0 Å². The molecule has 0 radical (unpaired) electrons. The zero-order chi connectivity index (χ0) is 22.5. The minimum Gasteiger partial charge on any atom is -0.497 e.